The van der Waals surface area contributed by atoms with Crippen molar-refractivity contribution in [2.75, 3.05) is 13.2 Å². The fourth-order valence-corrected chi connectivity index (χ4v) is 3.82. The first kappa shape index (κ1) is 28.6. The number of hydrogen-bond donors (Lipinski definition) is 2. The van der Waals surface area contributed by atoms with E-state index in [-0.39, 0.29) is 53.3 Å². The molecule has 1 fully saturated rings. The number of primary amides is 1. The molecule has 0 spiro atoms. The van der Waals surface area contributed by atoms with E-state index in [1.54, 1.807) is 6.92 Å². The van der Waals surface area contributed by atoms with E-state index in [9.17, 15) is 22.8 Å². The van der Waals surface area contributed by atoms with Crippen molar-refractivity contribution in [2.24, 2.45) is 11.7 Å². The molecular weight excluding hydrogens is 535 g/mol. The number of carbonyl (C=O) groups is 2. The molecule has 1 aliphatic rings. The quantitative estimate of drug-likeness (QED) is 0.284. The molecule has 3 N–H and O–H groups in total. The zero-order chi connectivity index (χ0) is 28.8. The summed E-state index contributed by atoms with van der Waals surface area (Å²) in [5.41, 5.74) is 5.82. The Morgan fingerprint density at radius 3 is 2.58 bits per heavy atom. The third-order valence-electron chi connectivity index (χ3n) is 5.87. The van der Waals surface area contributed by atoms with E-state index >= 15 is 0 Å². The molecule has 0 bridgehead atoms. The van der Waals surface area contributed by atoms with Crippen molar-refractivity contribution in [1.82, 2.24) is 10.3 Å². The van der Waals surface area contributed by atoms with Crippen molar-refractivity contribution in [2.45, 2.75) is 45.9 Å². The van der Waals surface area contributed by atoms with Gasteiger partial charge in [0.05, 0.1) is 25.3 Å². The second kappa shape index (κ2) is 12.6. The first-order valence-corrected chi connectivity index (χ1v) is 12.5. The summed E-state index contributed by atoms with van der Waals surface area (Å²) >= 11 is 0. The van der Waals surface area contributed by atoms with Gasteiger partial charge in [0.15, 0.2) is 23.4 Å². The van der Waals surface area contributed by atoms with Crippen LogP contribution in [0, 0.1) is 11.7 Å². The molecule has 3 aromatic rings. The lowest BCUT2D eigenvalue weighted by molar-refractivity contribution is -0.0515. The number of nitrogens with two attached hydrogens (primary N) is 1. The second-order valence-electron chi connectivity index (χ2n) is 8.96. The van der Waals surface area contributed by atoms with E-state index in [1.165, 1.54) is 31.2 Å². The van der Waals surface area contributed by atoms with Gasteiger partial charge in [-0.3, -0.25) is 4.79 Å². The van der Waals surface area contributed by atoms with E-state index in [0.717, 1.165) is 25.0 Å². The maximum atomic E-state index is 13.7. The average Bonchev–Trinajstić information content (AvgIpc) is 3.62. The summed E-state index contributed by atoms with van der Waals surface area (Å²) in [7, 11) is 0. The minimum Gasteiger partial charge on any atom is -0.493 e. The van der Waals surface area contributed by atoms with Gasteiger partial charge < -0.3 is 34.4 Å². The van der Waals surface area contributed by atoms with Gasteiger partial charge in [-0.2, -0.15) is 8.78 Å². The number of amides is 2. The van der Waals surface area contributed by atoms with Crippen LogP contribution in [0.15, 0.2) is 40.8 Å². The summed E-state index contributed by atoms with van der Waals surface area (Å²) in [6.07, 6.45) is -0.0604. The Morgan fingerprint density at radius 2 is 1.90 bits per heavy atom. The van der Waals surface area contributed by atoms with Crippen LogP contribution in [-0.2, 0) is 11.3 Å². The molecule has 0 radical (unpaired) electrons. The standard InChI is InChI=1S/C27H28F3N3O7/c1-3-36-21-11-17(28)7-8-18(21)24(34)32-12-19-23(14(2)38-27(31)35)40-25(33-19)16-6-9-20(39-26(29)30)22(10-16)37-13-15-4-5-15/h6-11,14-15,26H,3-5,12-13H2,1-2H3,(H2,31,35)(H,32,34). The van der Waals surface area contributed by atoms with Gasteiger partial charge in [-0.15, -0.1) is 0 Å². The van der Waals surface area contributed by atoms with Gasteiger partial charge in [-0.05, 0) is 62.9 Å². The van der Waals surface area contributed by atoms with Crippen LogP contribution in [0.3, 0.4) is 0 Å². The van der Waals surface area contributed by atoms with Crippen LogP contribution in [0.25, 0.3) is 11.5 Å². The largest absolute Gasteiger partial charge is 0.493 e. The first-order valence-electron chi connectivity index (χ1n) is 12.5. The van der Waals surface area contributed by atoms with Crippen LogP contribution in [0.2, 0.25) is 0 Å². The number of nitrogens with one attached hydrogen (secondary N) is 1. The Labute approximate surface area is 227 Å². The zero-order valence-electron chi connectivity index (χ0n) is 21.7. The van der Waals surface area contributed by atoms with Crippen molar-refractivity contribution in [3.63, 3.8) is 0 Å². The molecule has 10 nitrogen and oxygen atoms in total. The van der Waals surface area contributed by atoms with Crippen LogP contribution in [0.5, 0.6) is 17.2 Å². The molecule has 1 saturated carbocycles. The highest BCUT2D eigenvalue weighted by Gasteiger charge is 2.26. The number of ether oxygens (including phenoxy) is 4. The highest BCUT2D eigenvalue weighted by molar-refractivity contribution is 5.96. The highest BCUT2D eigenvalue weighted by atomic mass is 19.3. The SMILES string of the molecule is CCOc1cc(F)ccc1C(=O)NCc1nc(-c2ccc(OC(F)F)c(OCC3CC3)c2)oc1C(C)OC(N)=O. The van der Waals surface area contributed by atoms with Gasteiger partial charge in [0.2, 0.25) is 5.89 Å². The topological polar surface area (TPSA) is 135 Å². The molecule has 214 valence electrons. The van der Waals surface area contributed by atoms with Gasteiger partial charge in [0, 0.05) is 11.6 Å². The summed E-state index contributed by atoms with van der Waals surface area (Å²) in [5.74, 6) is -0.659. The van der Waals surface area contributed by atoms with E-state index in [4.69, 9.17) is 24.4 Å². The lowest BCUT2D eigenvalue weighted by atomic mass is 10.1. The molecule has 40 heavy (non-hydrogen) atoms. The van der Waals surface area contributed by atoms with Crippen LogP contribution < -0.4 is 25.3 Å². The van der Waals surface area contributed by atoms with Crippen LogP contribution in [0.1, 0.15) is 54.6 Å². The third kappa shape index (κ3) is 7.36. The molecule has 1 unspecified atom stereocenters. The smallest absolute Gasteiger partial charge is 0.405 e. The van der Waals surface area contributed by atoms with E-state index in [0.29, 0.717) is 18.1 Å². The van der Waals surface area contributed by atoms with Gasteiger partial charge in [0.25, 0.3) is 5.91 Å². The first-order chi connectivity index (χ1) is 19.1. The van der Waals surface area contributed by atoms with Crippen molar-refractivity contribution in [1.29, 1.82) is 0 Å². The molecule has 4 rings (SSSR count). The predicted octanol–water partition coefficient (Wildman–Crippen LogP) is 5.36. The normalized spacial score (nSPS) is 13.6. The van der Waals surface area contributed by atoms with E-state index in [1.807, 2.05) is 0 Å². The Hall–Kier alpha value is -4.42. The number of benzene rings is 2. The van der Waals surface area contributed by atoms with Gasteiger partial charge in [0.1, 0.15) is 17.3 Å². The number of nitrogens with zero attached hydrogens (tertiary/aromatic N) is 1. The summed E-state index contributed by atoms with van der Waals surface area (Å²) in [5, 5.41) is 2.67. The Balaban J connectivity index is 1.61. The van der Waals surface area contributed by atoms with Crippen LogP contribution in [-0.4, -0.2) is 36.8 Å². The van der Waals surface area contributed by atoms with Crippen molar-refractivity contribution < 1.29 is 46.1 Å². The predicted molar refractivity (Wildman–Crippen MR) is 135 cm³/mol. The minimum absolute atomic E-state index is 0.0378. The molecule has 0 aliphatic heterocycles. The Bertz CT molecular complexity index is 1360. The minimum atomic E-state index is -3.05. The van der Waals surface area contributed by atoms with E-state index < -0.39 is 30.5 Å². The zero-order valence-corrected chi connectivity index (χ0v) is 21.7. The van der Waals surface area contributed by atoms with Crippen molar-refractivity contribution in [3.05, 3.63) is 59.2 Å². The Kier molecular flexibility index (Phi) is 9.02. The molecular formula is C27H28F3N3O7. The summed E-state index contributed by atoms with van der Waals surface area (Å²) in [6, 6.07) is 7.73. The number of rotatable bonds is 13. The van der Waals surface area contributed by atoms with Gasteiger partial charge in [-0.25, -0.2) is 14.2 Å². The maximum absolute atomic E-state index is 13.7. The average molecular weight is 564 g/mol. The fourth-order valence-electron chi connectivity index (χ4n) is 3.82. The summed E-state index contributed by atoms with van der Waals surface area (Å²) in [4.78, 5) is 28.7. The lowest BCUT2D eigenvalue weighted by Crippen LogP contribution is -2.25. The number of aromatic nitrogens is 1. The molecule has 0 saturated heterocycles. The molecule has 1 heterocycles. The maximum Gasteiger partial charge on any atom is 0.405 e. The van der Waals surface area contributed by atoms with E-state index in [2.05, 4.69) is 15.0 Å². The molecule has 13 heteroatoms. The highest BCUT2D eigenvalue weighted by Crippen LogP contribution is 2.37. The molecule has 1 aliphatic carbocycles. The number of carbonyl (C=O) groups excluding carboxylic acids is 2. The number of oxazole rings is 1. The van der Waals surface area contributed by atoms with Gasteiger partial charge >= 0.3 is 12.7 Å². The monoisotopic (exact) mass is 563 g/mol. The molecule has 1 atom stereocenters. The lowest BCUT2D eigenvalue weighted by Gasteiger charge is -2.13. The van der Waals surface area contributed by atoms with Crippen molar-refractivity contribution >= 4 is 12.0 Å². The second-order valence-corrected chi connectivity index (χ2v) is 8.96. The summed E-state index contributed by atoms with van der Waals surface area (Å²) < 4.78 is 66.1. The fraction of sp³-hybridized carbons (Fsp3) is 0.370. The van der Waals surface area contributed by atoms with Crippen LogP contribution >= 0.6 is 0 Å². The van der Waals surface area contributed by atoms with Crippen molar-refractivity contribution in [3.8, 4) is 28.7 Å². The molecule has 2 aromatic carbocycles. The molecule has 1 aromatic heterocycles. The number of hydrogen-bond acceptors (Lipinski definition) is 8. The number of halogens is 3. The number of alkyl halides is 2. The third-order valence-corrected chi connectivity index (χ3v) is 5.87. The Morgan fingerprint density at radius 1 is 1.12 bits per heavy atom. The van der Waals surface area contributed by atoms with Gasteiger partial charge in [-0.1, -0.05) is 0 Å². The van der Waals surface area contributed by atoms with Crippen LogP contribution in [0.4, 0.5) is 18.0 Å². The summed E-state index contributed by atoms with van der Waals surface area (Å²) in [6.45, 7) is 0.532. The molecule has 2 amide bonds.